The zero-order valence-corrected chi connectivity index (χ0v) is 14.4. The van der Waals surface area contributed by atoms with E-state index in [4.69, 9.17) is 16.3 Å². The average Bonchev–Trinajstić information content (AvgIpc) is 2.59. The van der Waals surface area contributed by atoms with E-state index >= 15 is 0 Å². The summed E-state index contributed by atoms with van der Waals surface area (Å²) in [4.78, 5) is 26.5. The molecule has 0 saturated heterocycles. The van der Waals surface area contributed by atoms with Crippen molar-refractivity contribution in [2.24, 2.45) is 0 Å². The van der Waals surface area contributed by atoms with Crippen LogP contribution in [0.15, 0.2) is 53.4 Å². The van der Waals surface area contributed by atoms with Crippen molar-refractivity contribution in [2.45, 2.75) is 4.90 Å². The highest BCUT2D eigenvalue weighted by Crippen LogP contribution is 2.23. The molecule has 0 N–H and O–H groups in total. The van der Waals surface area contributed by atoms with Crippen LogP contribution in [0.25, 0.3) is 0 Å². The number of esters is 1. The van der Waals surface area contributed by atoms with Crippen molar-refractivity contribution in [2.75, 3.05) is 24.8 Å². The topological polar surface area (TPSA) is 46.6 Å². The molecule has 0 aromatic heterocycles. The van der Waals surface area contributed by atoms with E-state index < -0.39 is 5.97 Å². The Kier molecular flexibility index (Phi) is 6.07. The van der Waals surface area contributed by atoms with Gasteiger partial charge in [-0.2, -0.15) is 0 Å². The molecule has 0 aliphatic heterocycles. The van der Waals surface area contributed by atoms with Gasteiger partial charge >= 0.3 is 5.97 Å². The van der Waals surface area contributed by atoms with Gasteiger partial charge in [-0.05, 0) is 36.6 Å². The monoisotopic (exact) mass is 349 g/mol. The van der Waals surface area contributed by atoms with E-state index in [1.807, 2.05) is 30.5 Å². The van der Waals surface area contributed by atoms with Gasteiger partial charge in [-0.15, -0.1) is 11.8 Å². The molecule has 2 rings (SSSR count). The van der Waals surface area contributed by atoms with Gasteiger partial charge in [0.25, 0.3) is 5.91 Å². The maximum Gasteiger partial charge on any atom is 0.340 e. The van der Waals surface area contributed by atoms with Crippen molar-refractivity contribution in [3.8, 4) is 0 Å². The summed E-state index contributed by atoms with van der Waals surface area (Å²) in [5.41, 5.74) is 0.990. The number of carbonyl (C=O) groups excluding carboxylic acids is 2. The molecule has 23 heavy (non-hydrogen) atoms. The van der Waals surface area contributed by atoms with Crippen LogP contribution in [0.2, 0.25) is 5.02 Å². The minimum atomic E-state index is -0.610. The van der Waals surface area contributed by atoms with Crippen molar-refractivity contribution in [1.82, 2.24) is 0 Å². The molecular formula is C17H16ClNO3S. The number of amides is 1. The Bertz CT molecular complexity index is 706. The number of hydrogen-bond donors (Lipinski definition) is 0. The zero-order chi connectivity index (χ0) is 16.8. The lowest BCUT2D eigenvalue weighted by Gasteiger charge is -2.17. The summed E-state index contributed by atoms with van der Waals surface area (Å²) >= 11 is 7.51. The van der Waals surface area contributed by atoms with Crippen LogP contribution in [0.1, 0.15) is 10.4 Å². The quantitative estimate of drug-likeness (QED) is 0.607. The van der Waals surface area contributed by atoms with Gasteiger partial charge in [0, 0.05) is 17.6 Å². The summed E-state index contributed by atoms with van der Waals surface area (Å²) in [5.74, 6) is -0.928. The normalized spacial score (nSPS) is 10.2. The third kappa shape index (κ3) is 4.50. The number of hydrogen-bond acceptors (Lipinski definition) is 4. The van der Waals surface area contributed by atoms with Gasteiger partial charge in [0.1, 0.15) is 0 Å². The Morgan fingerprint density at radius 3 is 2.52 bits per heavy atom. The summed E-state index contributed by atoms with van der Waals surface area (Å²) < 4.78 is 5.09. The van der Waals surface area contributed by atoms with Crippen molar-refractivity contribution in [1.29, 1.82) is 0 Å². The van der Waals surface area contributed by atoms with Crippen LogP contribution in [-0.4, -0.2) is 31.8 Å². The molecule has 0 spiro atoms. The number of halogens is 1. The third-order valence-electron chi connectivity index (χ3n) is 3.24. The minimum Gasteiger partial charge on any atom is -0.452 e. The van der Waals surface area contributed by atoms with Gasteiger partial charge in [-0.3, -0.25) is 4.79 Å². The Morgan fingerprint density at radius 1 is 1.17 bits per heavy atom. The first-order valence-electron chi connectivity index (χ1n) is 6.85. The molecule has 0 heterocycles. The minimum absolute atomic E-state index is 0.258. The number of thioether (sulfide) groups is 1. The second-order valence-electron chi connectivity index (χ2n) is 4.71. The van der Waals surface area contributed by atoms with Crippen molar-refractivity contribution in [3.63, 3.8) is 0 Å². The summed E-state index contributed by atoms with van der Waals surface area (Å²) in [6.07, 6.45) is 1.90. The molecule has 0 saturated carbocycles. The standard InChI is InChI=1S/C17H16ClNO3S/c1-19(12-6-4-3-5-7-12)16(20)11-22-17(21)14-10-13(23-2)8-9-15(14)18/h3-10H,11H2,1-2H3. The highest BCUT2D eigenvalue weighted by Gasteiger charge is 2.17. The van der Waals surface area contributed by atoms with Gasteiger partial charge in [0.05, 0.1) is 10.6 Å². The number of anilines is 1. The van der Waals surface area contributed by atoms with Crippen molar-refractivity contribution >= 4 is 40.9 Å². The third-order valence-corrected chi connectivity index (χ3v) is 4.29. The lowest BCUT2D eigenvalue weighted by molar-refractivity contribution is -0.121. The Morgan fingerprint density at radius 2 is 1.87 bits per heavy atom. The molecule has 0 unspecified atom stereocenters. The van der Waals surface area contributed by atoms with E-state index in [0.29, 0.717) is 5.02 Å². The number of benzene rings is 2. The van der Waals surface area contributed by atoms with E-state index in [1.54, 1.807) is 31.3 Å². The Balaban J connectivity index is 2.00. The van der Waals surface area contributed by atoms with Crippen LogP contribution in [-0.2, 0) is 9.53 Å². The molecule has 2 aromatic carbocycles. The highest BCUT2D eigenvalue weighted by molar-refractivity contribution is 7.98. The first-order valence-corrected chi connectivity index (χ1v) is 8.45. The number of carbonyl (C=O) groups is 2. The molecule has 0 radical (unpaired) electrons. The summed E-state index contributed by atoms with van der Waals surface area (Å²) in [5, 5.41) is 0.302. The van der Waals surface area contributed by atoms with Gasteiger partial charge in [0.15, 0.2) is 6.61 Å². The molecule has 0 aliphatic rings. The largest absolute Gasteiger partial charge is 0.452 e. The molecule has 2 aromatic rings. The van der Waals surface area contributed by atoms with Gasteiger partial charge in [-0.25, -0.2) is 4.79 Å². The first kappa shape index (κ1) is 17.4. The van der Waals surface area contributed by atoms with Crippen LogP contribution in [0.3, 0.4) is 0 Å². The molecule has 6 heteroatoms. The smallest absolute Gasteiger partial charge is 0.340 e. The lowest BCUT2D eigenvalue weighted by atomic mass is 10.2. The van der Waals surface area contributed by atoms with E-state index in [1.165, 1.54) is 16.7 Å². The van der Waals surface area contributed by atoms with Crippen LogP contribution >= 0.6 is 23.4 Å². The van der Waals surface area contributed by atoms with Crippen LogP contribution < -0.4 is 4.90 Å². The fourth-order valence-corrected chi connectivity index (χ4v) is 2.52. The van der Waals surface area contributed by atoms with E-state index in [-0.39, 0.29) is 18.1 Å². The predicted octanol–water partition coefficient (Wildman–Crippen LogP) is 3.88. The number of rotatable bonds is 5. The van der Waals surface area contributed by atoms with Gasteiger partial charge in [0.2, 0.25) is 0 Å². The molecule has 0 fully saturated rings. The molecule has 120 valence electrons. The fourth-order valence-electron chi connectivity index (χ4n) is 1.89. The van der Waals surface area contributed by atoms with Crippen molar-refractivity contribution in [3.05, 3.63) is 59.1 Å². The number of para-hydroxylation sites is 1. The Labute approximate surface area is 144 Å². The SMILES string of the molecule is CSc1ccc(Cl)c(C(=O)OCC(=O)N(C)c2ccccc2)c1. The molecule has 0 aliphatic carbocycles. The molecule has 0 bridgehead atoms. The summed E-state index contributed by atoms with van der Waals surface area (Å²) in [6, 6.07) is 14.2. The average molecular weight is 350 g/mol. The van der Waals surface area contributed by atoms with Gasteiger partial charge in [-0.1, -0.05) is 29.8 Å². The number of ether oxygens (including phenoxy) is 1. The lowest BCUT2D eigenvalue weighted by Crippen LogP contribution is -2.31. The van der Waals surface area contributed by atoms with Gasteiger partial charge < -0.3 is 9.64 Å². The second-order valence-corrected chi connectivity index (χ2v) is 6.00. The van der Waals surface area contributed by atoms with Crippen molar-refractivity contribution < 1.29 is 14.3 Å². The zero-order valence-electron chi connectivity index (χ0n) is 12.8. The highest BCUT2D eigenvalue weighted by atomic mass is 35.5. The maximum absolute atomic E-state index is 12.1. The summed E-state index contributed by atoms with van der Waals surface area (Å²) in [7, 11) is 1.63. The molecule has 1 amide bonds. The van der Waals surface area contributed by atoms with Crippen LogP contribution in [0.5, 0.6) is 0 Å². The van der Waals surface area contributed by atoms with E-state index in [9.17, 15) is 9.59 Å². The van der Waals surface area contributed by atoms with E-state index in [0.717, 1.165) is 10.6 Å². The molecular weight excluding hydrogens is 334 g/mol. The molecule has 4 nitrogen and oxygen atoms in total. The van der Waals surface area contributed by atoms with Crippen LogP contribution in [0.4, 0.5) is 5.69 Å². The fraction of sp³-hybridized carbons (Fsp3) is 0.176. The maximum atomic E-state index is 12.1. The van der Waals surface area contributed by atoms with Crippen LogP contribution in [0, 0.1) is 0 Å². The Hall–Kier alpha value is -1.98. The second kappa shape index (κ2) is 8.04. The number of nitrogens with zero attached hydrogens (tertiary/aromatic N) is 1. The molecule has 0 atom stereocenters. The first-order chi connectivity index (χ1) is 11.0. The number of likely N-dealkylation sites (N-methyl/N-ethyl adjacent to an activating group) is 1. The summed E-state index contributed by atoms with van der Waals surface area (Å²) in [6.45, 7) is -0.343. The van der Waals surface area contributed by atoms with E-state index in [2.05, 4.69) is 0 Å². The predicted molar refractivity (Wildman–Crippen MR) is 93.4 cm³/mol.